The Morgan fingerprint density at radius 1 is 1.17 bits per heavy atom. The quantitative estimate of drug-likeness (QED) is 0.885. The number of fused-ring (bicyclic) bond motifs is 3. The zero-order valence-electron chi connectivity index (χ0n) is 13.5. The molecule has 126 valence electrons. The third-order valence-corrected chi connectivity index (χ3v) is 6.72. The van der Waals surface area contributed by atoms with E-state index in [1.807, 2.05) is 18.8 Å². The van der Waals surface area contributed by atoms with E-state index in [-0.39, 0.29) is 18.3 Å². The van der Waals surface area contributed by atoms with Crippen LogP contribution in [0.2, 0.25) is 0 Å². The van der Waals surface area contributed by atoms with Gasteiger partial charge in [-0.1, -0.05) is 18.2 Å². The van der Waals surface area contributed by atoms with Crippen LogP contribution in [0.5, 0.6) is 0 Å². The second-order valence-corrected chi connectivity index (χ2v) is 8.08. The molecule has 0 radical (unpaired) electrons. The van der Waals surface area contributed by atoms with Crippen molar-refractivity contribution in [2.45, 2.75) is 61.0 Å². The largest absolute Gasteiger partial charge is 0.342 e. The second-order valence-electron chi connectivity index (χ2n) is 6.94. The zero-order valence-corrected chi connectivity index (χ0v) is 15.2. The Labute approximate surface area is 149 Å². The maximum atomic E-state index is 13.1. The van der Waals surface area contributed by atoms with Gasteiger partial charge in [-0.2, -0.15) is 0 Å². The van der Waals surface area contributed by atoms with E-state index < -0.39 is 0 Å². The van der Waals surface area contributed by atoms with Crippen molar-refractivity contribution in [3.8, 4) is 0 Å². The van der Waals surface area contributed by atoms with E-state index in [9.17, 15) is 4.79 Å². The van der Waals surface area contributed by atoms with Crippen LogP contribution in [0.25, 0.3) is 0 Å². The van der Waals surface area contributed by atoms with Crippen molar-refractivity contribution >= 4 is 30.1 Å². The molecule has 2 bridgehead atoms. The number of benzene rings is 1. The fourth-order valence-corrected chi connectivity index (χ4v) is 5.49. The van der Waals surface area contributed by atoms with Crippen molar-refractivity contribution in [1.82, 2.24) is 10.2 Å². The predicted molar refractivity (Wildman–Crippen MR) is 97.5 cm³/mol. The minimum absolute atomic E-state index is 0. The number of halogens is 1. The van der Waals surface area contributed by atoms with Crippen LogP contribution in [0, 0.1) is 0 Å². The van der Waals surface area contributed by atoms with Crippen LogP contribution in [-0.2, 0) is 4.79 Å². The normalized spacial score (nSPS) is 31.9. The summed E-state index contributed by atoms with van der Waals surface area (Å²) in [5, 5.41) is 3.67. The first-order valence-electron chi connectivity index (χ1n) is 8.47. The molecule has 3 nitrogen and oxygen atoms in total. The summed E-state index contributed by atoms with van der Waals surface area (Å²) >= 11 is 1.89. The molecule has 3 atom stereocenters. The third-order valence-electron chi connectivity index (χ3n) is 5.60. The highest BCUT2D eigenvalue weighted by atomic mass is 35.5. The van der Waals surface area contributed by atoms with Crippen molar-refractivity contribution in [2.75, 3.05) is 12.8 Å². The van der Waals surface area contributed by atoms with Gasteiger partial charge in [-0.25, -0.2) is 0 Å². The number of nitrogens with one attached hydrogen (secondary N) is 1. The van der Waals surface area contributed by atoms with Crippen LogP contribution in [0.1, 0.15) is 43.6 Å². The van der Waals surface area contributed by atoms with Gasteiger partial charge in [0.2, 0.25) is 5.91 Å². The summed E-state index contributed by atoms with van der Waals surface area (Å²) in [6, 6.07) is 10.1. The standard InChI is InChI=1S/C18H24N2OS.ClH/c1-20(14-10-12-6-7-13(11-14)19-12)18(21)16-8-9-22-17-5-3-2-4-15(16)17;/h2-5,12-14,16,19H,6-11H2,1H3;1H. The molecule has 3 heterocycles. The molecule has 3 unspecified atom stereocenters. The number of amides is 1. The molecule has 4 rings (SSSR count). The van der Waals surface area contributed by atoms with Crippen LogP contribution in [0.3, 0.4) is 0 Å². The fraction of sp³-hybridized carbons (Fsp3) is 0.611. The van der Waals surface area contributed by atoms with Gasteiger partial charge in [-0.3, -0.25) is 4.79 Å². The Morgan fingerprint density at radius 2 is 1.87 bits per heavy atom. The van der Waals surface area contributed by atoms with Gasteiger partial charge in [-0.15, -0.1) is 24.2 Å². The van der Waals surface area contributed by atoms with Crippen molar-refractivity contribution in [2.24, 2.45) is 0 Å². The lowest BCUT2D eigenvalue weighted by Crippen LogP contribution is -2.49. The minimum Gasteiger partial charge on any atom is -0.342 e. The molecule has 0 saturated carbocycles. The predicted octanol–water partition coefficient (Wildman–Crippen LogP) is 3.43. The summed E-state index contributed by atoms with van der Waals surface area (Å²) in [4.78, 5) is 16.5. The molecule has 1 aromatic rings. The number of carbonyl (C=O) groups excluding carboxylic acids is 1. The number of likely N-dealkylation sites (N-methyl/N-ethyl adjacent to an activating group) is 1. The third kappa shape index (κ3) is 3.26. The molecule has 0 aliphatic carbocycles. The lowest BCUT2D eigenvalue weighted by molar-refractivity contribution is -0.134. The second kappa shape index (κ2) is 7.04. The zero-order chi connectivity index (χ0) is 15.1. The molecule has 2 saturated heterocycles. The first kappa shape index (κ1) is 17.1. The van der Waals surface area contributed by atoms with Crippen LogP contribution in [0.4, 0.5) is 0 Å². The van der Waals surface area contributed by atoms with E-state index in [1.165, 1.54) is 23.3 Å². The van der Waals surface area contributed by atoms with Gasteiger partial charge in [0, 0.05) is 30.1 Å². The van der Waals surface area contributed by atoms with E-state index in [4.69, 9.17) is 0 Å². The van der Waals surface area contributed by atoms with Crippen molar-refractivity contribution in [1.29, 1.82) is 0 Å². The molecule has 3 aliphatic rings. The van der Waals surface area contributed by atoms with Crippen molar-refractivity contribution in [3.63, 3.8) is 0 Å². The monoisotopic (exact) mass is 352 g/mol. The minimum atomic E-state index is 0. The first-order valence-corrected chi connectivity index (χ1v) is 9.45. The maximum absolute atomic E-state index is 13.1. The molecule has 0 spiro atoms. The van der Waals surface area contributed by atoms with Gasteiger partial charge in [0.25, 0.3) is 0 Å². The molecule has 5 heteroatoms. The lowest BCUT2D eigenvalue weighted by Gasteiger charge is -2.38. The van der Waals surface area contributed by atoms with E-state index >= 15 is 0 Å². The van der Waals surface area contributed by atoms with Gasteiger partial charge in [-0.05, 0) is 49.5 Å². The summed E-state index contributed by atoms with van der Waals surface area (Å²) in [6.45, 7) is 0. The average molecular weight is 353 g/mol. The van der Waals surface area contributed by atoms with Gasteiger partial charge < -0.3 is 10.2 Å². The molecule has 0 aromatic heterocycles. The Bertz CT molecular complexity index is 570. The number of nitrogens with zero attached hydrogens (tertiary/aromatic N) is 1. The molecular weight excluding hydrogens is 328 g/mol. The molecule has 1 N–H and O–H groups in total. The molecule has 3 aliphatic heterocycles. The summed E-state index contributed by atoms with van der Waals surface area (Å²) < 4.78 is 0. The van der Waals surface area contributed by atoms with E-state index in [1.54, 1.807) is 0 Å². The highest BCUT2D eigenvalue weighted by Gasteiger charge is 2.38. The van der Waals surface area contributed by atoms with Crippen LogP contribution < -0.4 is 5.32 Å². The van der Waals surface area contributed by atoms with Gasteiger partial charge >= 0.3 is 0 Å². The van der Waals surface area contributed by atoms with Crippen molar-refractivity contribution < 1.29 is 4.79 Å². The summed E-state index contributed by atoms with van der Waals surface area (Å²) in [5.74, 6) is 1.45. The van der Waals surface area contributed by atoms with Crippen LogP contribution in [0.15, 0.2) is 29.2 Å². The average Bonchev–Trinajstić information content (AvgIpc) is 2.91. The summed E-state index contributed by atoms with van der Waals surface area (Å²) in [5.41, 5.74) is 1.24. The van der Waals surface area contributed by atoms with E-state index in [2.05, 4.69) is 34.5 Å². The Balaban J connectivity index is 0.00000156. The topological polar surface area (TPSA) is 32.3 Å². The fourth-order valence-electron chi connectivity index (χ4n) is 4.37. The number of piperidine rings is 1. The lowest BCUT2D eigenvalue weighted by atomic mass is 9.92. The number of hydrogen-bond donors (Lipinski definition) is 1. The molecule has 1 amide bonds. The smallest absolute Gasteiger partial charge is 0.230 e. The van der Waals surface area contributed by atoms with E-state index in [0.717, 1.165) is 25.0 Å². The van der Waals surface area contributed by atoms with Crippen LogP contribution >= 0.6 is 24.2 Å². The number of thioether (sulfide) groups is 1. The van der Waals surface area contributed by atoms with Gasteiger partial charge in [0.1, 0.15) is 0 Å². The molecule has 23 heavy (non-hydrogen) atoms. The molecule has 1 aromatic carbocycles. The Morgan fingerprint density at radius 3 is 2.61 bits per heavy atom. The van der Waals surface area contributed by atoms with Crippen molar-refractivity contribution in [3.05, 3.63) is 29.8 Å². The highest BCUT2D eigenvalue weighted by molar-refractivity contribution is 7.99. The highest BCUT2D eigenvalue weighted by Crippen LogP contribution is 2.39. The first-order chi connectivity index (χ1) is 10.7. The SMILES string of the molecule is CN(C(=O)C1CCSc2ccccc21)C1CC2CCC(C1)N2.Cl. The maximum Gasteiger partial charge on any atom is 0.230 e. The van der Waals surface area contributed by atoms with Gasteiger partial charge in [0.05, 0.1) is 5.92 Å². The Hall–Kier alpha value is -0.710. The summed E-state index contributed by atoms with van der Waals surface area (Å²) in [7, 11) is 2.03. The van der Waals surface area contributed by atoms with Gasteiger partial charge in [0.15, 0.2) is 0 Å². The number of rotatable bonds is 2. The number of hydrogen-bond acceptors (Lipinski definition) is 3. The summed E-state index contributed by atoms with van der Waals surface area (Å²) in [6.07, 6.45) is 5.80. The molecular formula is C18H25ClN2OS. The molecule has 2 fully saturated rings. The van der Waals surface area contributed by atoms with Crippen LogP contribution in [-0.4, -0.2) is 41.7 Å². The Kier molecular flexibility index (Phi) is 5.24. The number of carbonyl (C=O) groups is 1. The van der Waals surface area contributed by atoms with E-state index in [0.29, 0.717) is 24.0 Å².